The van der Waals surface area contributed by atoms with E-state index in [4.69, 9.17) is 10.00 Å². The van der Waals surface area contributed by atoms with Gasteiger partial charge in [-0.1, -0.05) is 26.2 Å². The highest BCUT2D eigenvalue weighted by atomic mass is 16.5. The molecule has 2 atom stereocenters. The van der Waals surface area contributed by atoms with Crippen LogP contribution < -0.4 is 5.32 Å². The predicted molar refractivity (Wildman–Crippen MR) is 65.3 cm³/mol. The van der Waals surface area contributed by atoms with Gasteiger partial charge in [0.25, 0.3) is 0 Å². The molecule has 0 radical (unpaired) electrons. The first-order valence-corrected chi connectivity index (χ1v) is 6.52. The highest BCUT2D eigenvalue weighted by Crippen LogP contribution is 2.22. The van der Waals surface area contributed by atoms with E-state index in [1.165, 1.54) is 19.3 Å². The fraction of sp³-hybridized carbons (Fsp3) is 0.846. The SMILES string of the molecule is CC[C@@H](OC1CCCCC1)C(=O)N[C@@H](C)C#N. The molecule has 1 aliphatic rings. The zero-order valence-corrected chi connectivity index (χ0v) is 10.7. The maximum absolute atomic E-state index is 11.8. The van der Waals surface area contributed by atoms with Crippen LogP contribution in [0, 0.1) is 11.3 Å². The Hall–Kier alpha value is -1.08. The smallest absolute Gasteiger partial charge is 0.250 e. The second-order valence-electron chi connectivity index (χ2n) is 4.65. The number of carbonyl (C=O) groups is 1. The quantitative estimate of drug-likeness (QED) is 0.798. The molecule has 1 saturated carbocycles. The van der Waals surface area contributed by atoms with Crippen LogP contribution in [0.5, 0.6) is 0 Å². The average molecular weight is 238 g/mol. The summed E-state index contributed by atoms with van der Waals surface area (Å²) in [6.07, 6.45) is 6.23. The summed E-state index contributed by atoms with van der Waals surface area (Å²) in [5.74, 6) is -0.160. The van der Waals surface area contributed by atoms with E-state index in [0.717, 1.165) is 12.8 Å². The Kier molecular flexibility index (Phi) is 5.99. The fourth-order valence-electron chi connectivity index (χ4n) is 2.12. The van der Waals surface area contributed by atoms with Crippen LogP contribution in [0.15, 0.2) is 0 Å². The van der Waals surface area contributed by atoms with Crippen molar-refractivity contribution in [2.24, 2.45) is 0 Å². The van der Waals surface area contributed by atoms with Crippen molar-refractivity contribution in [1.29, 1.82) is 5.26 Å². The van der Waals surface area contributed by atoms with E-state index < -0.39 is 12.1 Å². The molecule has 0 aromatic heterocycles. The van der Waals surface area contributed by atoms with Crippen molar-refractivity contribution in [1.82, 2.24) is 5.32 Å². The summed E-state index contributed by atoms with van der Waals surface area (Å²) in [5, 5.41) is 11.3. The summed E-state index contributed by atoms with van der Waals surface area (Å²) < 4.78 is 5.83. The summed E-state index contributed by atoms with van der Waals surface area (Å²) in [6, 6.07) is 1.54. The number of nitriles is 1. The van der Waals surface area contributed by atoms with E-state index in [9.17, 15) is 4.79 Å². The van der Waals surface area contributed by atoms with Gasteiger partial charge in [0.2, 0.25) is 5.91 Å². The number of amides is 1. The monoisotopic (exact) mass is 238 g/mol. The molecule has 1 amide bonds. The molecular weight excluding hydrogens is 216 g/mol. The van der Waals surface area contributed by atoms with Crippen molar-refractivity contribution in [3.8, 4) is 6.07 Å². The average Bonchev–Trinajstić information content (AvgIpc) is 2.36. The largest absolute Gasteiger partial charge is 0.365 e. The number of nitrogens with one attached hydrogen (secondary N) is 1. The van der Waals surface area contributed by atoms with Crippen molar-refractivity contribution < 1.29 is 9.53 Å². The van der Waals surface area contributed by atoms with Gasteiger partial charge in [-0.2, -0.15) is 5.26 Å². The van der Waals surface area contributed by atoms with Crippen LogP contribution in [-0.4, -0.2) is 24.2 Å². The fourth-order valence-corrected chi connectivity index (χ4v) is 2.12. The molecule has 0 aliphatic heterocycles. The molecule has 17 heavy (non-hydrogen) atoms. The Morgan fingerprint density at radius 2 is 2.12 bits per heavy atom. The molecule has 0 aromatic rings. The Balaban J connectivity index is 2.41. The minimum Gasteiger partial charge on any atom is -0.365 e. The topological polar surface area (TPSA) is 62.1 Å². The lowest BCUT2D eigenvalue weighted by Crippen LogP contribution is -2.42. The maximum Gasteiger partial charge on any atom is 0.250 e. The molecule has 0 heterocycles. The minimum absolute atomic E-state index is 0.160. The van der Waals surface area contributed by atoms with Crippen molar-refractivity contribution in [2.75, 3.05) is 0 Å². The number of ether oxygens (including phenoxy) is 1. The van der Waals surface area contributed by atoms with Crippen LogP contribution in [0.25, 0.3) is 0 Å². The third-order valence-corrected chi connectivity index (χ3v) is 3.12. The van der Waals surface area contributed by atoms with Gasteiger partial charge in [0.05, 0.1) is 12.2 Å². The van der Waals surface area contributed by atoms with Gasteiger partial charge >= 0.3 is 0 Å². The molecule has 0 aromatic carbocycles. The second kappa shape index (κ2) is 7.29. The molecule has 1 fully saturated rings. The molecule has 1 rings (SSSR count). The van der Waals surface area contributed by atoms with Crippen molar-refractivity contribution in [2.45, 2.75) is 70.6 Å². The van der Waals surface area contributed by atoms with Gasteiger partial charge in [0.15, 0.2) is 0 Å². The molecule has 1 aliphatic carbocycles. The molecule has 0 unspecified atom stereocenters. The Morgan fingerprint density at radius 1 is 1.47 bits per heavy atom. The maximum atomic E-state index is 11.8. The van der Waals surface area contributed by atoms with E-state index in [1.54, 1.807) is 6.92 Å². The van der Waals surface area contributed by atoms with Crippen molar-refractivity contribution in [3.63, 3.8) is 0 Å². The summed E-state index contributed by atoms with van der Waals surface area (Å²) in [4.78, 5) is 11.8. The number of hydrogen-bond donors (Lipinski definition) is 1. The van der Waals surface area contributed by atoms with Gasteiger partial charge in [-0.15, -0.1) is 0 Å². The van der Waals surface area contributed by atoms with Crippen LogP contribution >= 0.6 is 0 Å². The highest BCUT2D eigenvalue weighted by molar-refractivity contribution is 5.81. The summed E-state index contributed by atoms with van der Waals surface area (Å²) in [5.41, 5.74) is 0. The van der Waals surface area contributed by atoms with Crippen molar-refractivity contribution in [3.05, 3.63) is 0 Å². The number of carbonyl (C=O) groups excluding carboxylic acids is 1. The molecule has 0 bridgehead atoms. The Morgan fingerprint density at radius 3 is 2.65 bits per heavy atom. The van der Waals surface area contributed by atoms with E-state index >= 15 is 0 Å². The van der Waals surface area contributed by atoms with Crippen LogP contribution in [0.2, 0.25) is 0 Å². The Bertz CT molecular complexity index is 280. The third-order valence-electron chi connectivity index (χ3n) is 3.12. The van der Waals surface area contributed by atoms with E-state index in [-0.39, 0.29) is 12.0 Å². The Labute approximate surface area is 103 Å². The molecule has 4 nitrogen and oxygen atoms in total. The number of hydrogen-bond acceptors (Lipinski definition) is 3. The van der Waals surface area contributed by atoms with Crippen LogP contribution in [0.4, 0.5) is 0 Å². The zero-order valence-electron chi connectivity index (χ0n) is 10.7. The highest BCUT2D eigenvalue weighted by Gasteiger charge is 2.24. The standard InChI is InChI=1S/C13H22N2O2/c1-3-12(13(16)15-10(2)9-14)17-11-7-5-4-6-8-11/h10-12H,3-8H2,1-2H3,(H,15,16)/t10-,12+/m0/s1. The van der Waals surface area contributed by atoms with Gasteiger partial charge in [-0.3, -0.25) is 4.79 Å². The van der Waals surface area contributed by atoms with Gasteiger partial charge in [-0.25, -0.2) is 0 Å². The van der Waals surface area contributed by atoms with Gasteiger partial charge in [0, 0.05) is 0 Å². The zero-order chi connectivity index (χ0) is 12.7. The van der Waals surface area contributed by atoms with Gasteiger partial charge < -0.3 is 10.1 Å². The molecule has 0 spiro atoms. The number of nitrogens with zero attached hydrogens (tertiary/aromatic N) is 1. The van der Waals surface area contributed by atoms with E-state index in [1.807, 2.05) is 13.0 Å². The normalized spacial score (nSPS) is 20.3. The molecule has 0 saturated heterocycles. The second-order valence-corrected chi connectivity index (χ2v) is 4.65. The lowest BCUT2D eigenvalue weighted by molar-refractivity contribution is -0.138. The third kappa shape index (κ3) is 4.74. The molecule has 4 heteroatoms. The van der Waals surface area contributed by atoms with E-state index in [0.29, 0.717) is 6.42 Å². The molecular formula is C13H22N2O2. The first-order chi connectivity index (χ1) is 8.17. The molecule has 96 valence electrons. The number of rotatable bonds is 5. The minimum atomic E-state index is -0.452. The van der Waals surface area contributed by atoms with Crippen molar-refractivity contribution >= 4 is 5.91 Å². The van der Waals surface area contributed by atoms with Crippen LogP contribution in [-0.2, 0) is 9.53 Å². The predicted octanol–water partition coefficient (Wildman–Crippen LogP) is 2.14. The van der Waals surface area contributed by atoms with Gasteiger partial charge in [0.1, 0.15) is 12.1 Å². The lowest BCUT2D eigenvalue weighted by atomic mass is 9.97. The van der Waals surface area contributed by atoms with E-state index in [2.05, 4.69) is 5.32 Å². The first-order valence-electron chi connectivity index (χ1n) is 6.52. The van der Waals surface area contributed by atoms with Crippen LogP contribution in [0.3, 0.4) is 0 Å². The summed E-state index contributed by atoms with van der Waals surface area (Å²) in [7, 11) is 0. The lowest BCUT2D eigenvalue weighted by Gasteiger charge is -2.26. The summed E-state index contributed by atoms with van der Waals surface area (Å²) >= 11 is 0. The molecule has 1 N–H and O–H groups in total. The summed E-state index contributed by atoms with van der Waals surface area (Å²) in [6.45, 7) is 3.61. The van der Waals surface area contributed by atoms with Gasteiger partial charge in [-0.05, 0) is 26.2 Å². The first kappa shape index (κ1) is 14.0. The van der Waals surface area contributed by atoms with Crippen LogP contribution in [0.1, 0.15) is 52.4 Å².